The Hall–Kier alpha value is -1.89. The second kappa shape index (κ2) is 6.93. The molecule has 1 saturated heterocycles. The van der Waals surface area contributed by atoms with Crippen molar-refractivity contribution < 1.29 is 14.4 Å². The first kappa shape index (κ1) is 17.0. The molecule has 0 saturated carbocycles. The lowest BCUT2D eigenvalue weighted by Crippen LogP contribution is -2.39. The predicted molar refractivity (Wildman–Crippen MR) is 92.9 cm³/mol. The fraction of sp³-hybridized carbons (Fsp3) is 0.588. The summed E-state index contributed by atoms with van der Waals surface area (Å²) < 4.78 is 0. The summed E-state index contributed by atoms with van der Waals surface area (Å²) in [5.74, 6) is 0.335. The Morgan fingerprint density at radius 1 is 1.50 bits per heavy atom. The Balaban J connectivity index is 1.52. The van der Waals surface area contributed by atoms with Gasteiger partial charge in [-0.25, -0.2) is 0 Å². The predicted octanol–water partition coefficient (Wildman–Crippen LogP) is 1.81. The number of thiophene rings is 1. The quantitative estimate of drug-likeness (QED) is 0.881. The average molecular weight is 349 g/mol. The number of carbonyl (C=O) groups is 2. The van der Waals surface area contributed by atoms with Gasteiger partial charge in [0.1, 0.15) is 5.71 Å². The zero-order valence-corrected chi connectivity index (χ0v) is 14.9. The van der Waals surface area contributed by atoms with Crippen LogP contribution in [0.5, 0.6) is 0 Å². The van der Waals surface area contributed by atoms with Crippen molar-refractivity contribution in [3.05, 3.63) is 22.4 Å². The molecule has 2 amide bonds. The first-order chi connectivity index (χ1) is 11.5. The van der Waals surface area contributed by atoms with Crippen LogP contribution in [-0.4, -0.2) is 47.7 Å². The van der Waals surface area contributed by atoms with Gasteiger partial charge < -0.3 is 15.1 Å². The van der Waals surface area contributed by atoms with E-state index >= 15 is 0 Å². The lowest BCUT2D eigenvalue weighted by molar-refractivity contribution is -0.130. The molecule has 3 rings (SSSR count). The van der Waals surface area contributed by atoms with Gasteiger partial charge in [0.15, 0.2) is 5.60 Å². The number of likely N-dealkylation sites (tertiary alicyclic amines) is 1. The molecule has 130 valence electrons. The van der Waals surface area contributed by atoms with E-state index < -0.39 is 5.60 Å². The maximum absolute atomic E-state index is 12.4. The van der Waals surface area contributed by atoms with Gasteiger partial charge in [0.05, 0.1) is 13.0 Å². The highest BCUT2D eigenvalue weighted by Crippen LogP contribution is 2.34. The standard InChI is InChI=1S/C17H23N3O3S/c1-12(2)10-18-16(22)14-9-17(23-19-14)5-6-20(11-17)15(21)8-13-4-3-7-24-13/h3-4,7,12H,5-6,8-11H2,1-2H3,(H,18,22)/t17-/m1/s1. The molecule has 1 aromatic rings. The van der Waals surface area contributed by atoms with Gasteiger partial charge in [0.25, 0.3) is 5.91 Å². The molecule has 2 aliphatic rings. The molecule has 24 heavy (non-hydrogen) atoms. The zero-order chi connectivity index (χ0) is 17.2. The van der Waals surface area contributed by atoms with Crippen molar-refractivity contribution in [2.24, 2.45) is 11.1 Å². The van der Waals surface area contributed by atoms with E-state index in [9.17, 15) is 9.59 Å². The second-order valence-electron chi connectivity index (χ2n) is 6.91. The molecule has 1 atom stereocenters. The molecular weight excluding hydrogens is 326 g/mol. The maximum Gasteiger partial charge on any atom is 0.269 e. The van der Waals surface area contributed by atoms with Gasteiger partial charge in [-0.1, -0.05) is 25.1 Å². The van der Waals surface area contributed by atoms with Crippen LogP contribution in [0.2, 0.25) is 0 Å². The summed E-state index contributed by atoms with van der Waals surface area (Å²) in [6, 6.07) is 3.93. The lowest BCUT2D eigenvalue weighted by Gasteiger charge is -2.21. The van der Waals surface area contributed by atoms with Gasteiger partial charge in [0.2, 0.25) is 5.91 Å². The van der Waals surface area contributed by atoms with Crippen molar-refractivity contribution >= 4 is 28.9 Å². The topological polar surface area (TPSA) is 71.0 Å². The molecule has 1 N–H and O–H groups in total. The minimum atomic E-state index is -0.518. The Labute approximate surface area is 145 Å². The number of amides is 2. The number of hydrogen-bond acceptors (Lipinski definition) is 5. The van der Waals surface area contributed by atoms with Crippen molar-refractivity contribution in [2.75, 3.05) is 19.6 Å². The first-order valence-corrected chi connectivity index (χ1v) is 9.19. The molecule has 1 aromatic heterocycles. The number of rotatable bonds is 5. The number of nitrogens with one attached hydrogen (secondary N) is 1. The van der Waals surface area contributed by atoms with Crippen molar-refractivity contribution in [1.29, 1.82) is 0 Å². The largest absolute Gasteiger partial charge is 0.386 e. The van der Waals surface area contributed by atoms with Crippen LogP contribution in [0.3, 0.4) is 0 Å². The SMILES string of the molecule is CC(C)CNC(=O)C1=NO[C@]2(CCN(C(=O)Cc3cccs3)C2)C1. The molecule has 2 aliphatic heterocycles. The third-order valence-corrected chi connectivity index (χ3v) is 5.22. The highest BCUT2D eigenvalue weighted by Gasteiger charge is 2.47. The van der Waals surface area contributed by atoms with E-state index in [-0.39, 0.29) is 11.8 Å². The van der Waals surface area contributed by atoms with Gasteiger partial charge in [0, 0.05) is 30.8 Å². The second-order valence-corrected chi connectivity index (χ2v) is 7.95. The van der Waals surface area contributed by atoms with Crippen LogP contribution in [-0.2, 0) is 20.8 Å². The molecule has 3 heterocycles. The molecule has 6 nitrogen and oxygen atoms in total. The van der Waals surface area contributed by atoms with Crippen molar-refractivity contribution in [1.82, 2.24) is 10.2 Å². The Kier molecular flexibility index (Phi) is 4.89. The van der Waals surface area contributed by atoms with Crippen molar-refractivity contribution in [3.63, 3.8) is 0 Å². The van der Waals surface area contributed by atoms with Gasteiger partial charge in [-0.15, -0.1) is 11.3 Å². The summed E-state index contributed by atoms with van der Waals surface area (Å²) in [6.07, 6.45) is 1.61. The molecule has 0 unspecified atom stereocenters. The highest BCUT2D eigenvalue weighted by atomic mass is 32.1. The summed E-state index contributed by atoms with van der Waals surface area (Å²) >= 11 is 1.59. The molecule has 0 aromatic carbocycles. The Morgan fingerprint density at radius 2 is 2.33 bits per heavy atom. The summed E-state index contributed by atoms with van der Waals surface area (Å²) in [6.45, 7) is 5.87. The molecule has 0 aliphatic carbocycles. The Bertz CT molecular complexity index is 642. The monoisotopic (exact) mass is 349 g/mol. The molecule has 1 spiro atoms. The third-order valence-electron chi connectivity index (χ3n) is 4.35. The molecule has 1 fully saturated rings. The first-order valence-electron chi connectivity index (χ1n) is 8.31. The zero-order valence-electron chi connectivity index (χ0n) is 14.1. The fourth-order valence-electron chi connectivity index (χ4n) is 2.99. The minimum absolute atomic E-state index is 0.107. The third kappa shape index (κ3) is 3.77. The normalized spacial score (nSPS) is 22.8. The number of hydrogen-bond donors (Lipinski definition) is 1. The Morgan fingerprint density at radius 3 is 3.04 bits per heavy atom. The number of oxime groups is 1. The van der Waals surface area contributed by atoms with Crippen LogP contribution >= 0.6 is 11.3 Å². The summed E-state index contributed by atoms with van der Waals surface area (Å²) in [5, 5.41) is 8.83. The molecule has 7 heteroatoms. The summed E-state index contributed by atoms with van der Waals surface area (Å²) in [7, 11) is 0. The van der Waals surface area contributed by atoms with E-state index in [4.69, 9.17) is 4.84 Å². The van der Waals surface area contributed by atoms with Gasteiger partial charge >= 0.3 is 0 Å². The smallest absolute Gasteiger partial charge is 0.269 e. The van der Waals surface area contributed by atoms with Crippen LogP contribution in [0.15, 0.2) is 22.7 Å². The van der Waals surface area contributed by atoms with Gasteiger partial charge in [-0.2, -0.15) is 0 Å². The maximum atomic E-state index is 12.4. The van der Waals surface area contributed by atoms with Crippen LogP contribution in [0.25, 0.3) is 0 Å². The average Bonchev–Trinajstić information content (AvgIpc) is 3.27. The van der Waals surface area contributed by atoms with Crippen LogP contribution in [0.1, 0.15) is 31.6 Å². The lowest BCUT2D eigenvalue weighted by atomic mass is 9.96. The van der Waals surface area contributed by atoms with E-state index in [0.717, 1.165) is 4.88 Å². The van der Waals surface area contributed by atoms with Crippen LogP contribution < -0.4 is 5.32 Å². The van der Waals surface area contributed by atoms with E-state index in [0.29, 0.717) is 50.5 Å². The molecule has 0 radical (unpaired) electrons. The van der Waals surface area contributed by atoms with Gasteiger partial charge in [-0.3, -0.25) is 9.59 Å². The van der Waals surface area contributed by atoms with Gasteiger partial charge in [-0.05, 0) is 17.4 Å². The molecule has 0 bridgehead atoms. The van der Waals surface area contributed by atoms with Crippen LogP contribution in [0, 0.1) is 5.92 Å². The van der Waals surface area contributed by atoms with E-state index in [1.165, 1.54) is 0 Å². The van der Waals surface area contributed by atoms with Crippen molar-refractivity contribution in [3.8, 4) is 0 Å². The number of carbonyl (C=O) groups excluding carboxylic acids is 2. The van der Waals surface area contributed by atoms with E-state index in [1.807, 2.05) is 36.3 Å². The van der Waals surface area contributed by atoms with E-state index in [1.54, 1.807) is 11.3 Å². The van der Waals surface area contributed by atoms with Crippen LogP contribution in [0.4, 0.5) is 0 Å². The van der Waals surface area contributed by atoms with Crippen molar-refractivity contribution in [2.45, 2.75) is 38.7 Å². The minimum Gasteiger partial charge on any atom is -0.386 e. The number of nitrogens with zero attached hydrogens (tertiary/aromatic N) is 2. The summed E-state index contributed by atoms with van der Waals surface area (Å²) in [5.41, 5.74) is -0.0847. The molecular formula is C17H23N3O3S. The highest BCUT2D eigenvalue weighted by molar-refractivity contribution is 7.10. The fourth-order valence-corrected chi connectivity index (χ4v) is 3.69. The van der Waals surface area contributed by atoms with E-state index in [2.05, 4.69) is 10.5 Å². The summed E-state index contributed by atoms with van der Waals surface area (Å²) in [4.78, 5) is 33.0.